The van der Waals surface area contributed by atoms with Crippen LogP contribution in [-0.2, 0) is 4.74 Å². The molecule has 0 radical (unpaired) electrons. The van der Waals surface area contributed by atoms with Crippen LogP contribution in [0, 0.1) is 17.2 Å². The van der Waals surface area contributed by atoms with Crippen molar-refractivity contribution < 1.29 is 4.74 Å². The van der Waals surface area contributed by atoms with Gasteiger partial charge in [0.15, 0.2) is 0 Å². The third-order valence-electron chi connectivity index (χ3n) is 2.21. The van der Waals surface area contributed by atoms with Crippen molar-refractivity contribution in [2.24, 2.45) is 5.92 Å². The second kappa shape index (κ2) is 4.44. The van der Waals surface area contributed by atoms with Crippen LogP contribution < -0.4 is 0 Å². The first kappa shape index (κ1) is 9.50. The first-order valence-corrected chi connectivity index (χ1v) is 4.45. The molecule has 0 spiro atoms. The van der Waals surface area contributed by atoms with Crippen LogP contribution in [0.1, 0.15) is 13.8 Å². The van der Waals surface area contributed by atoms with Gasteiger partial charge in [-0.15, -0.1) is 0 Å². The fraction of sp³-hybridized carbons (Fsp3) is 0.889. The third kappa shape index (κ3) is 2.47. The Kier molecular flexibility index (Phi) is 3.51. The highest BCUT2D eigenvalue weighted by molar-refractivity contribution is 4.87. The molecular formula is C9H16N2O. The quantitative estimate of drug-likeness (QED) is 0.583. The van der Waals surface area contributed by atoms with Crippen LogP contribution in [0.4, 0.5) is 0 Å². The summed E-state index contributed by atoms with van der Waals surface area (Å²) in [5.74, 6) is 0.0508. The highest BCUT2D eigenvalue weighted by atomic mass is 16.5. The summed E-state index contributed by atoms with van der Waals surface area (Å²) in [6.45, 7) is 7.47. The van der Waals surface area contributed by atoms with E-state index in [1.807, 2.05) is 0 Å². The summed E-state index contributed by atoms with van der Waals surface area (Å²) >= 11 is 0. The molecule has 12 heavy (non-hydrogen) atoms. The minimum Gasteiger partial charge on any atom is -0.379 e. The van der Waals surface area contributed by atoms with Gasteiger partial charge in [-0.2, -0.15) is 5.26 Å². The Morgan fingerprint density at radius 1 is 1.58 bits per heavy atom. The molecule has 1 saturated heterocycles. The molecular weight excluding hydrogens is 152 g/mol. The van der Waals surface area contributed by atoms with Crippen molar-refractivity contribution in [1.29, 1.82) is 5.26 Å². The molecule has 0 aromatic rings. The molecule has 0 aliphatic carbocycles. The fourth-order valence-corrected chi connectivity index (χ4v) is 1.38. The zero-order valence-corrected chi connectivity index (χ0v) is 7.79. The maximum absolute atomic E-state index is 8.76. The average Bonchev–Trinajstić information content (AvgIpc) is 2.28. The van der Waals surface area contributed by atoms with Crippen LogP contribution in [0.3, 0.4) is 0 Å². The van der Waals surface area contributed by atoms with E-state index in [0.717, 1.165) is 19.7 Å². The lowest BCUT2D eigenvalue weighted by Crippen LogP contribution is -2.35. The van der Waals surface area contributed by atoms with Gasteiger partial charge in [-0.1, -0.05) is 0 Å². The largest absolute Gasteiger partial charge is 0.379 e. The molecule has 3 heteroatoms. The van der Waals surface area contributed by atoms with Gasteiger partial charge in [0.2, 0.25) is 0 Å². The first-order valence-electron chi connectivity index (χ1n) is 4.45. The molecule has 0 aromatic heterocycles. The molecule has 0 unspecified atom stereocenters. The molecule has 0 aromatic carbocycles. The summed E-state index contributed by atoms with van der Waals surface area (Å²) in [6.07, 6.45) is 0. The zero-order chi connectivity index (χ0) is 8.97. The Morgan fingerprint density at radius 3 is 2.92 bits per heavy atom. The molecule has 0 N–H and O–H groups in total. The summed E-state index contributed by atoms with van der Waals surface area (Å²) in [5, 5.41) is 8.76. The van der Waals surface area contributed by atoms with Crippen molar-refractivity contribution >= 4 is 0 Å². The lowest BCUT2D eigenvalue weighted by Gasteiger charge is -2.24. The van der Waals surface area contributed by atoms with Crippen molar-refractivity contribution in [2.75, 3.05) is 26.3 Å². The van der Waals surface area contributed by atoms with Crippen molar-refractivity contribution in [3.63, 3.8) is 0 Å². The third-order valence-corrected chi connectivity index (χ3v) is 2.21. The summed E-state index contributed by atoms with van der Waals surface area (Å²) < 4.78 is 5.31. The normalized spacial score (nSPS) is 26.7. The molecule has 68 valence electrons. The summed E-state index contributed by atoms with van der Waals surface area (Å²) in [4.78, 5) is 2.29. The van der Waals surface area contributed by atoms with Gasteiger partial charge in [-0.05, 0) is 13.8 Å². The predicted molar refractivity (Wildman–Crippen MR) is 46.6 cm³/mol. The first-order chi connectivity index (χ1) is 5.74. The van der Waals surface area contributed by atoms with Gasteiger partial charge in [-0.3, -0.25) is 4.90 Å². The van der Waals surface area contributed by atoms with E-state index in [1.165, 1.54) is 0 Å². The van der Waals surface area contributed by atoms with Crippen LogP contribution in [0.25, 0.3) is 0 Å². The average molecular weight is 168 g/mol. The van der Waals surface area contributed by atoms with Gasteiger partial charge in [0.1, 0.15) is 0 Å². The Balaban J connectivity index is 2.49. The second-order valence-electron chi connectivity index (χ2n) is 3.49. The van der Waals surface area contributed by atoms with Gasteiger partial charge < -0.3 is 4.74 Å². The topological polar surface area (TPSA) is 36.3 Å². The maximum atomic E-state index is 8.76. The highest BCUT2D eigenvalue weighted by Crippen LogP contribution is 2.08. The van der Waals surface area contributed by atoms with E-state index in [1.54, 1.807) is 0 Å². The van der Waals surface area contributed by atoms with Crippen LogP contribution in [0.2, 0.25) is 0 Å². The lowest BCUT2D eigenvalue weighted by atomic mass is 10.1. The molecule has 1 aliphatic rings. The van der Waals surface area contributed by atoms with E-state index < -0.39 is 0 Å². The van der Waals surface area contributed by atoms with Gasteiger partial charge in [-0.25, -0.2) is 0 Å². The van der Waals surface area contributed by atoms with E-state index >= 15 is 0 Å². The lowest BCUT2D eigenvalue weighted by molar-refractivity contribution is 0.129. The van der Waals surface area contributed by atoms with E-state index in [4.69, 9.17) is 10.00 Å². The van der Waals surface area contributed by atoms with Gasteiger partial charge in [0.05, 0.1) is 25.2 Å². The number of ether oxygens (including phenoxy) is 1. The van der Waals surface area contributed by atoms with Crippen LogP contribution in [0.15, 0.2) is 0 Å². The summed E-state index contributed by atoms with van der Waals surface area (Å²) in [7, 11) is 0. The molecule has 0 saturated carbocycles. The fourth-order valence-electron chi connectivity index (χ4n) is 1.38. The molecule has 3 nitrogen and oxygen atoms in total. The van der Waals surface area contributed by atoms with E-state index in [2.05, 4.69) is 24.8 Å². The number of rotatable bonds is 1. The summed E-state index contributed by atoms with van der Waals surface area (Å²) in [6, 6.07) is 2.78. The van der Waals surface area contributed by atoms with Crippen molar-refractivity contribution in [1.82, 2.24) is 4.90 Å². The smallest absolute Gasteiger partial charge is 0.0823 e. The minimum absolute atomic E-state index is 0.0508. The van der Waals surface area contributed by atoms with Crippen LogP contribution >= 0.6 is 0 Å². The Hall–Kier alpha value is -0.590. The summed E-state index contributed by atoms with van der Waals surface area (Å²) in [5.41, 5.74) is 0. The molecule has 1 fully saturated rings. The van der Waals surface area contributed by atoms with Crippen molar-refractivity contribution in [2.45, 2.75) is 19.9 Å². The zero-order valence-electron chi connectivity index (χ0n) is 7.79. The predicted octanol–water partition coefficient (Wildman–Crippen LogP) is 0.867. The van der Waals surface area contributed by atoms with Crippen molar-refractivity contribution in [3.8, 4) is 6.07 Å². The van der Waals surface area contributed by atoms with Gasteiger partial charge in [0.25, 0.3) is 0 Å². The number of nitrogens with zero attached hydrogens (tertiary/aromatic N) is 2. The van der Waals surface area contributed by atoms with Gasteiger partial charge in [0, 0.05) is 19.1 Å². The van der Waals surface area contributed by atoms with Crippen LogP contribution in [-0.4, -0.2) is 37.2 Å². The van der Waals surface area contributed by atoms with Crippen LogP contribution in [0.5, 0.6) is 0 Å². The minimum atomic E-state index is 0.0508. The monoisotopic (exact) mass is 168 g/mol. The van der Waals surface area contributed by atoms with E-state index in [9.17, 15) is 0 Å². The molecule has 1 aliphatic heterocycles. The molecule has 1 rings (SSSR count). The highest BCUT2D eigenvalue weighted by Gasteiger charge is 2.19. The van der Waals surface area contributed by atoms with E-state index in [-0.39, 0.29) is 5.92 Å². The molecule has 0 amide bonds. The Bertz CT molecular complexity index is 174. The number of nitriles is 1. The molecule has 1 heterocycles. The Labute approximate surface area is 73.9 Å². The molecule has 0 bridgehead atoms. The number of hydrogen-bond acceptors (Lipinski definition) is 3. The number of hydrogen-bond donors (Lipinski definition) is 0. The van der Waals surface area contributed by atoms with Gasteiger partial charge >= 0.3 is 0 Å². The SMILES string of the molecule is CC(C)N1CCOC[C@H](C#N)C1. The Morgan fingerprint density at radius 2 is 2.33 bits per heavy atom. The van der Waals surface area contributed by atoms with E-state index in [0.29, 0.717) is 12.6 Å². The second-order valence-corrected chi connectivity index (χ2v) is 3.49. The molecule has 1 atom stereocenters. The van der Waals surface area contributed by atoms with Crippen molar-refractivity contribution in [3.05, 3.63) is 0 Å². The maximum Gasteiger partial charge on any atom is 0.0823 e. The standard InChI is InChI=1S/C9H16N2O/c1-8(2)11-3-4-12-7-9(5-10)6-11/h8-9H,3-4,6-7H2,1-2H3/t9-/m1/s1.